The first-order valence-corrected chi connectivity index (χ1v) is 17.4. The minimum absolute atomic E-state index is 0.00744. The SMILES string of the molecule is COC(=O)c1c(NC(=O)CSc2cccc(NC(=O)/C(=C\c3ccc(Cl)cc3Cl)NC(=O)c3ccccc3)c2)sc2c1CCN(C(C)=O)C2. The summed E-state index contributed by atoms with van der Waals surface area (Å²) in [5, 5.41) is 9.41. The second kappa shape index (κ2) is 16.2. The number of amides is 4. The molecule has 4 amide bonds. The van der Waals surface area contributed by atoms with Crippen molar-refractivity contribution < 1.29 is 28.7 Å². The number of esters is 1. The first-order chi connectivity index (χ1) is 23.5. The predicted octanol–water partition coefficient (Wildman–Crippen LogP) is 6.89. The molecule has 0 fully saturated rings. The van der Waals surface area contributed by atoms with Crippen LogP contribution in [-0.2, 0) is 32.1 Å². The minimum Gasteiger partial charge on any atom is -0.465 e. The molecule has 49 heavy (non-hydrogen) atoms. The molecule has 0 saturated heterocycles. The molecule has 4 aromatic rings. The van der Waals surface area contributed by atoms with Crippen LogP contribution in [0.25, 0.3) is 6.08 Å². The molecule has 14 heteroatoms. The van der Waals surface area contributed by atoms with Crippen LogP contribution in [0.2, 0.25) is 10.0 Å². The van der Waals surface area contributed by atoms with E-state index in [1.54, 1.807) is 71.6 Å². The minimum atomic E-state index is -0.601. The van der Waals surface area contributed by atoms with E-state index < -0.39 is 17.8 Å². The van der Waals surface area contributed by atoms with Gasteiger partial charge >= 0.3 is 5.97 Å². The monoisotopic (exact) mass is 736 g/mol. The van der Waals surface area contributed by atoms with Gasteiger partial charge in [-0.1, -0.05) is 53.5 Å². The maximum Gasteiger partial charge on any atom is 0.341 e. The zero-order valence-electron chi connectivity index (χ0n) is 26.3. The quantitative estimate of drug-likeness (QED) is 0.0918. The molecule has 0 saturated carbocycles. The van der Waals surface area contributed by atoms with E-state index in [4.69, 9.17) is 27.9 Å². The molecule has 0 spiro atoms. The number of anilines is 2. The molecule has 0 bridgehead atoms. The van der Waals surface area contributed by atoms with Crippen molar-refractivity contribution in [3.63, 3.8) is 0 Å². The van der Waals surface area contributed by atoms with Crippen molar-refractivity contribution in [2.75, 3.05) is 30.0 Å². The van der Waals surface area contributed by atoms with Gasteiger partial charge in [-0.25, -0.2) is 4.79 Å². The van der Waals surface area contributed by atoms with Gasteiger partial charge in [-0.2, -0.15) is 0 Å². The highest BCUT2D eigenvalue weighted by molar-refractivity contribution is 8.00. The summed E-state index contributed by atoms with van der Waals surface area (Å²) in [5.41, 5.74) is 2.30. The molecular formula is C35H30Cl2N4O6S2. The van der Waals surface area contributed by atoms with Gasteiger partial charge in [0.15, 0.2) is 0 Å². The molecule has 1 aliphatic heterocycles. The van der Waals surface area contributed by atoms with Gasteiger partial charge in [0.05, 0.1) is 25.0 Å². The summed E-state index contributed by atoms with van der Waals surface area (Å²) in [4.78, 5) is 67.3. The number of ether oxygens (including phenoxy) is 1. The Balaban J connectivity index is 1.28. The molecule has 0 atom stereocenters. The fourth-order valence-electron chi connectivity index (χ4n) is 4.97. The number of carbonyl (C=O) groups excluding carboxylic acids is 5. The Morgan fingerprint density at radius 1 is 0.980 bits per heavy atom. The van der Waals surface area contributed by atoms with Crippen LogP contribution in [0.5, 0.6) is 0 Å². The highest BCUT2D eigenvalue weighted by Crippen LogP contribution is 2.38. The molecule has 0 radical (unpaired) electrons. The molecular weight excluding hydrogens is 707 g/mol. The molecule has 0 unspecified atom stereocenters. The lowest BCUT2D eigenvalue weighted by atomic mass is 10.0. The fourth-order valence-corrected chi connectivity index (χ4v) is 7.45. The summed E-state index contributed by atoms with van der Waals surface area (Å²) >= 11 is 14.9. The third-order valence-corrected chi connectivity index (χ3v) is 10.1. The summed E-state index contributed by atoms with van der Waals surface area (Å²) in [5.74, 6) is -2.04. The average molecular weight is 738 g/mol. The molecule has 252 valence electrons. The molecule has 1 aliphatic rings. The average Bonchev–Trinajstić information content (AvgIpc) is 3.45. The molecule has 3 aromatic carbocycles. The zero-order chi connectivity index (χ0) is 35.1. The summed E-state index contributed by atoms with van der Waals surface area (Å²) in [7, 11) is 1.28. The smallest absolute Gasteiger partial charge is 0.341 e. The number of rotatable bonds is 10. The Kier molecular flexibility index (Phi) is 11.8. The largest absolute Gasteiger partial charge is 0.465 e. The fraction of sp³-hybridized carbons (Fsp3) is 0.171. The van der Waals surface area contributed by atoms with Crippen LogP contribution in [0.4, 0.5) is 10.7 Å². The molecule has 5 rings (SSSR count). The number of thioether (sulfide) groups is 1. The number of hydrogen-bond donors (Lipinski definition) is 3. The number of hydrogen-bond acceptors (Lipinski definition) is 8. The van der Waals surface area contributed by atoms with E-state index in [-0.39, 0.29) is 23.3 Å². The first kappa shape index (κ1) is 35.7. The Hall–Kier alpha value is -4.62. The maximum absolute atomic E-state index is 13.5. The van der Waals surface area contributed by atoms with Crippen LogP contribution in [0.3, 0.4) is 0 Å². The van der Waals surface area contributed by atoms with Crippen molar-refractivity contribution in [2.24, 2.45) is 0 Å². The van der Waals surface area contributed by atoms with E-state index in [2.05, 4.69) is 16.0 Å². The Labute approximate surface area is 300 Å². The van der Waals surface area contributed by atoms with Gasteiger partial charge in [-0.3, -0.25) is 19.2 Å². The topological polar surface area (TPSA) is 134 Å². The van der Waals surface area contributed by atoms with E-state index in [9.17, 15) is 24.0 Å². The number of fused-ring (bicyclic) bond motifs is 1. The van der Waals surface area contributed by atoms with Gasteiger partial charge in [0, 0.05) is 44.5 Å². The van der Waals surface area contributed by atoms with Crippen molar-refractivity contribution in [2.45, 2.75) is 24.8 Å². The molecule has 1 aromatic heterocycles. The summed E-state index contributed by atoms with van der Waals surface area (Å²) in [6.07, 6.45) is 1.94. The normalized spacial score (nSPS) is 12.5. The van der Waals surface area contributed by atoms with Crippen molar-refractivity contribution in [3.8, 4) is 0 Å². The van der Waals surface area contributed by atoms with Gasteiger partial charge in [0.2, 0.25) is 11.8 Å². The maximum atomic E-state index is 13.5. The van der Waals surface area contributed by atoms with Crippen LogP contribution in [-0.4, -0.2) is 53.9 Å². The molecule has 3 N–H and O–H groups in total. The summed E-state index contributed by atoms with van der Waals surface area (Å²) in [6.45, 7) is 2.34. The van der Waals surface area contributed by atoms with Gasteiger partial charge in [0.25, 0.3) is 11.8 Å². The van der Waals surface area contributed by atoms with Crippen molar-refractivity contribution >= 4 is 92.7 Å². The lowest BCUT2D eigenvalue weighted by Crippen LogP contribution is -2.33. The van der Waals surface area contributed by atoms with Crippen LogP contribution >= 0.6 is 46.3 Å². The van der Waals surface area contributed by atoms with Gasteiger partial charge in [-0.15, -0.1) is 23.1 Å². The number of halogens is 2. The van der Waals surface area contributed by atoms with Crippen molar-refractivity contribution in [1.29, 1.82) is 0 Å². The number of nitrogens with zero attached hydrogens (tertiary/aromatic N) is 1. The van der Waals surface area contributed by atoms with E-state index in [0.717, 1.165) is 10.4 Å². The van der Waals surface area contributed by atoms with Crippen molar-refractivity contribution in [1.82, 2.24) is 10.2 Å². The lowest BCUT2D eigenvalue weighted by Gasteiger charge is -2.25. The van der Waals surface area contributed by atoms with Crippen molar-refractivity contribution in [3.05, 3.63) is 116 Å². The highest BCUT2D eigenvalue weighted by Gasteiger charge is 2.30. The third-order valence-electron chi connectivity index (χ3n) is 7.40. The lowest BCUT2D eigenvalue weighted by molar-refractivity contribution is -0.129. The molecule has 10 nitrogen and oxygen atoms in total. The van der Waals surface area contributed by atoms with Crippen LogP contribution < -0.4 is 16.0 Å². The summed E-state index contributed by atoms with van der Waals surface area (Å²) < 4.78 is 4.99. The Morgan fingerprint density at radius 3 is 2.47 bits per heavy atom. The number of carbonyl (C=O) groups is 5. The summed E-state index contributed by atoms with van der Waals surface area (Å²) in [6, 6.07) is 20.1. The van der Waals surface area contributed by atoms with E-state index >= 15 is 0 Å². The van der Waals surface area contributed by atoms with Crippen LogP contribution in [0.1, 0.15) is 43.6 Å². The van der Waals surface area contributed by atoms with Crippen LogP contribution in [0, 0.1) is 0 Å². The highest BCUT2D eigenvalue weighted by atomic mass is 35.5. The predicted molar refractivity (Wildman–Crippen MR) is 193 cm³/mol. The van der Waals surface area contributed by atoms with Gasteiger partial charge in [0.1, 0.15) is 10.7 Å². The second-order valence-corrected chi connectivity index (χ2v) is 13.8. The van der Waals surface area contributed by atoms with E-state index in [1.807, 2.05) is 0 Å². The molecule has 0 aliphatic carbocycles. The first-order valence-electron chi connectivity index (χ1n) is 14.9. The molecule has 2 heterocycles. The van der Waals surface area contributed by atoms with Gasteiger partial charge in [-0.05, 0) is 66.1 Å². The van der Waals surface area contributed by atoms with Crippen LogP contribution in [0.15, 0.2) is 83.4 Å². The number of methoxy groups -OCH3 is 1. The Bertz CT molecular complexity index is 1960. The van der Waals surface area contributed by atoms with E-state index in [1.165, 1.54) is 49.3 Å². The third kappa shape index (κ3) is 9.09. The second-order valence-electron chi connectivity index (χ2n) is 10.8. The number of thiophene rings is 1. The van der Waals surface area contributed by atoms with E-state index in [0.29, 0.717) is 61.8 Å². The number of benzene rings is 3. The number of nitrogens with one attached hydrogen (secondary N) is 3. The Morgan fingerprint density at radius 2 is 1.76 bits per heavy atom. The standard InChI is InChI=1S/C35H30Cl2N4O6S2/c1-20(42)41-14-13-26-29(18-41)49-34(31(26)35(46)47-2)40-30(43)19-48-25-10-6-9-24(17-25)38-33(45)28(15-22-11-12-23(36)16-27(22)37)39-32(44)21-7-4-3-5-8-21/h3-12,15-17H,13-14,18-19H2,1-2H3,(H,38,45)(H,39,44)(H,40,43)/b28-15+. The van der Waals surface area contributed by atoms with Gasteiger partial charge < -0.3 is 25.6 Å². The zero-order valence-corrected chi connectivity index (χ0v) is 29.4.